The number of benzene rings is 1. The van der Waals surface area contributed by atoms with Crippen LogP contribution < -0.4 is 5.19 Å². The zero-order valence-electron chi connectivity index (χ0n) is 15.8. The molecule has 2 heterocycles. The van der Waals surface area contributed by atoms with Crippen LogP contribution in [0, 0.1) is 11.8 Å². The maximum Gasteiger partial charge on any atom is 0.168 e. The zero-order chi connectivity index (χ0) is 17.8. The summed E-state index contributed by atoms with van der Waals surface area (Å²) in [4.78, 5) is 0. The van der Waals surface area contributed by atoms with Crippen LogP contribution in [0.1, 0.15) is 37.7 Å². The molecule has 0 amide bonds. The predicted octanol–water partition coefficient (Wildman–Crippen LogP) is 5.57. The lowest BCUT2D eigenvalue weighted by Gasteiger charge is -2.53. The van der Waals surface area contributed by atoms with Gasteiger partial charge in [0.25, 0.3) is 0 Å². The topological polar surface area (TPSA) is 0 Å². The van der Waals surface area contributed by atoms with E-state index in [2.05, 4.69) is 72.9 Å². The zero-order valence-corrected chi connectivity index (χ0v) is 16.8. The van der Waals surface area contributed by atoms with E-state index in [1.165, 1.54) is 38.5 Å². The van der Waals surface area contributed by atoms with Crippen LogP contribution in [0.2, 0.25) is 0 Å². The maximum absolute atomic E-state index is 2.54. The van der Waals surface area contributed by atoms with Crippen LogP contribution in [-0.4, -0.2) is 8.07 Å². The minimum Gasteiger partial charge on any atom is -0.0840 e. The summed E-state index contributed by atoms with van der Waals surface area (Å²) in [6.07, 6.45) is 26.9. The van der Waals surface area contributed by atoms with E-state index >= 15 is 0 Å². The molecule has 0 bridgehead atoms. The Morgan fingerprint density at radius 2 is 1.56 bits per heavy atom. The Hall–Kier alpha value is -2.12. The molecule has 0 aromatic heterocycles. The molecule has 3 aliphatic carbocycles. The van der Waals surface area contributed by atoms with Crippen LogP contribution in [0.5, 0.6) is 0 Å². The van der Waals surface area contributed by atoms with E-state index in [1.54, 1.807) is 16.3 Å². The Bertz CT molecular complexity index is 997. The summed E-state index contributed by atoms with van der Waals surface area (Å²) in [5.74, 6) is 1.42. The number of hydrogen-bond acceptors (Lipinski definition) is 0. The first-order chi connectivity index (χ1) is 13.4. The van der Waals surface area contributed by atoms with Crippen molar-refractivity contribution in [3.8, 4) is 0 Å². The minimum absolute atomic E-state index is 0.710. The van der Waals surface area contributed by atoms with Gasteiger partial charge in [0.1, 0.15) is 0 Å². The first-order valence-electron chi connectivity index (χ1n) is 10.6. The smallest absolute Gasteiger partial charge is 0.0840 e. The lowest BCUT2D eigenvalue weighted by Crippen LogP contribution is -2.63. The molecule has 1 heteroatoms. The van der Waals surface area contributed by atoms with Gasteiger partial charge in [0, 0.05) is 0 Å². The van der Waals surface area contributed by atoms with Crippen LogP contribution in [0.25, 0.3) is 0 Å². The maximum atomic E-state index is 2.54. The second-order valence-corrected chi connectivity index (χ2v) is 12.5. The molecule has 5 aliphatic rings. The number of hydrogen-bond donors (Lipinski definition) is 0. The quantitative estimate of drug-likeness (QED) is 0.527. The molecule has 27 heavy (non-hydrogen) atoms. The van der Waals surface area contributed by atoms with Gasteiger partial charge >= 0.3 is 0 Å². The monoisotopic (exact) mass is 366 g/mol. The standard InChI is InChI=1S/C26H26Si/c1-5-13-23-19(9-1)17-20-10-2-6-14-24(20)27(23)25-15-7-3-11-21(25)18-22-12-4-8-16-26(22)27/h1-7,9,12-15,20-21H,8,10-11,16-18H2. The van der Waals surface area contributed by atoms with E-state index < -0.39 is 8.07 Å². The van der Waals surface area contributed by atoms with Gasteiger partial charge in [-0.1, -0.05) is 94.0 Å². The molecule has 134 valence electrons. The van der Waals surface area contributed by atoms with Gasteiger partial charge < -0.3 is 0 Å². The molecule has 3 unspecified atom stereocenters. The van der Waals surface area contributed by atoms with E-state index in [0.717, 1.165) is 0 Å². The van der Waals surface area contributed by atoms with Crippen LogP contribution in [0.3, 0.4) is 0 Å². The molecule has 0 fully saturated rings. The molecule has 0 saturated heterocycles. The Balaban J connectivity index is 1.75. The van der Waals surface area contributed by atoms with Crippen molar-refractivity contribution < 1.29 is 0 Å². The highest BCUT2D eigenvalue weighted by atomic mass is 28.3. The second-order valence-electron chi connectivity index (χ2n) is 8.73. The normalized spacial score (nSPS) is 33.0. The van der Waals surface area contributed by atoms with Gasteiger partial charge in [-0.05, 0) is 61.1 Å². The lowest BCUT2D eigenvalue weighted by atomic mass is 9.89. The Morgan fingerprint density at radius 1 is 0.815 bits per heavy atom. The molecular weight excluding hydrogens is 340 g/mol. The molecule has 1 spiro atoms. The van der Waals surface area contributed by atoms with Crippen molar-refractivity contribution >= 4 is 13.3 Å². The summed E-state index contributed by atoms with van der Waals surface area (Å²) in [6.45, 7) is 0. The molecule has 0 N–H and O–H groups in total. The Kier molecular flexibility index (Phi) is 3.49. The number of rotatable bonds is 0. The van der Waals surface area contributed by atoms with Gasteiger partial charge in [0.05, 0.1) is 0 Å². The van der Waals surface area contributed by atoms with Crippen molar-refractivity contribution in [3.63, 3.8) is 0 Å². The minimum atomic E-state index is -2.03. The first kappa shape index (κ1) is 15.9. The van der Waals surface area contributed by atoms with E-state index in [1.807, 2.05) is 15.6 Å². The van der Waals surface area contributed by atoms with Crippen molar-refractivity contribution in [2.45, 2.75) is 38.5 Å². The summed E-state index contributed by atoms with van der Waals surface area (Å²) in [5, 5.41) is 7.20. The fourth-order valence-corrected chi connectivity index (χ4v) is 13.1. The molecular formula is C26H26Si. The van der Waals surface area contributed by atoms with Gasteiger partial charge in [-0.25, -0.2) is 0 Å². The van der Waals surface area contributed by atoms with Crippen molar-refractivity contribution in [2.24, 2.45) is 11.8 Å². The molecule has 2 aliphatic heterocycles. The summed E-state index contributed by atoms with van der Waals surface area (Å²) >= 11 is 0. The SMILES string of the molecule is C1=CCC2CC3=C(CCC=C3)[Si]3(C2=C1)C1=CC=CCC1Cc1ccccc13. The van der Waals surface area contributed by atoms with Gasteiger partial charge in [0.2, 0.25) is 0 Å². The van der Waals surface area contributed by atoms with E-state index in [9.17, 15) is 0 Å². The molecule has 0 radical (unpaired) electrons. The highest BCUT2D eigenvalue weighted by Crippen LogP contribution is 2.53. The van der Waals surface area contributed by atoms with Crippen molar-refractivity contribution in [2.75, 3.05) is 0 Å². The second kappa shape index (κ2) is 5.94. The highest BCUT2D eigenvalue weighted by Gasteiger charge is 2.55. The van der Waals surface area contributed by atoms with E-state index in [0.29, 0.717) is 11.8 Å². The third kappa shape index (κ3) is 2.09. The van der Waals surface area contributed by atoms with Gasteiger partial charge in [-0.3, -0.25) is 0 Å². The van der Waals surface area contributed by atoms with E-state index in [-0.39, 0.29) is 0 Å². The highest BCUT2D eigenvalue weighted by molar-refractivity contribution is 7.09. The molecule has 1 aromatic carbocycles. The summed E-state index contributed by atoms with van der Waals surface area (Å²) in [7, 11) is -2.03. The molecule has 0 nitrogen and oxygen atoms in total. The molecule has 6 rings (SSSR count). The first-order valence-corrected chi connectivity index (χ1v) is 12.6. The summed E-state index contributed by atoms with van der Waals surface area (Å²) < 4.78 is 0. The Labute approximate surface area is 163 Å². The van der Waals surface area contributed by atoms with E-state index in [4.69, 9.17) is 0 Å². The average molecular weight is 367 g/mol. The molecule has 0 saturated carbocycles. The van der Waals surface area contributed by atoms with Crippen LogP contribution in [0.4, 0.5) is 0 Å². The third-order valence-corrected chi connectivity index (χ3v) is 13.1. The fourth-order valence-electron chi connectivity index (χ4n) is 6.52. The summed E-state index contributed by atoms with van der Waals surface area (Å²) in [5.41, 5.74) is 3.33. The van der Waals surface area contributed by atoms with Crippen molar-refractivity contribution in [1.82, 2.24) is 0 Å². The number of allylic oxidation sites excluding steroid dienone is 12. The van der Waals surface area contributed by atoms with Crippen molar-refractivity contribution in [3.05, 3.63) is 99.6 Å². The lowest BCUT2D eigenvalue weighted by molar-refractivity contribution is 0.601. The van der Waals surface area contributed by atoms with Gasteiger partial charge in [-0.15, -0.1) is 0 Å². The largest absolute Gasteiger partial charge is 0.168 e. The number of fused-ring (bicyclic) bond motifs is 7. The van der Waals surface area contributed by atoms with Crippen LogP contribution in [0.15, 0.2) is 94.0 Å². The van der Waals surface area contributed by atoms with Gasteiger partial charge in [0.15, 0.2) is 8.07 Å². The van der Waals surface area contributed by atoms with Crippen LogP contribution in [-0.2, 0) is 6.42 Å². The average Bonchev–Trinajstić information content (AvgIpc) is 2.73. The summed E-state index contributed by atoms with van der Waals surface area (Å²) in [6, 6.07) is 9.50. The predicted molar refractivity (Wildman–Crippen MR) is 116 cm³/mol. The van der Waals surface area contributed by atoms with Crippen LogP contribution >= 0.6 is 0 Å². The Morgan fingerprint density at radius 3 is 2.37 bits per heavy atom. The van der Waals surface area contributed by atoms with Crippen molar-refractivity contribution in [1.29, 1.82) is 0 Å². The molecule has 3 atom stereocenters. The molecule has 1 aromatic rings. The fraction of sp³-hybridized carbons (Fsp3) is 0.308. The third-order valence-electron chi connectivity index (χ3n) is 7.48. The van der Waals surface area contributed by atoms with Gasteiger partial charge in [-0.2, -0.15) is 0 Å².